The Hall–Kier alpha value is -4.98. The van der Waals surface area contributed by atoms with Gasteiger partial charge in [-0.2, -0.15) is 0 Å². The van der Waals surface area contributed by atoms with E-state index in [2.05, 4.69) is 0 Å². The van der Waals surface area contributed by atoms with Crippen molar-refractivity contribution in [2.24, 2.45) is 0 Å². The van der Waals surface area contributed by atoms with Gasteiger partial charge >= 0.3 is 11.9 Å². The first-order valence-corrected chi connectivity index (χ1v) is 12.5. The number of hydrogen-bond acceptors (Lipinski definition) is 6. The standard InChI is InChI=1S/C31H26N2O6/c1-4-39-29(37)24-20(3)32(22-17-15-19(2)16-18-22)30(38)31(24)25(26(34)21-11-7-5-8-12-21)27(35)28(36)33(31)23-13-9-6-10-14-23/h5-18,34H,4H2,1-3H3/b26-25-. The minimum atomic E-state index is -2.31. The second kappa shape index (κ2) is 9.72. The largest absolute Gasteiger partial charge is 0.507 e. The van der Waals surface area contributed by atoms with Crippen molar-refractivity contribution in [2.75, 3.05) is 16.4 Å². The molecule has 0 aliphatic carbocycles. The third kappa shape index (κ3) is 3.75. The molecule has 2 amide bonds. The molecule has 0 radical (unpaired) electrons. The van der Waals surface area contributed by atoms with Crippen LogP contribution >= 0.6 is 0 Å². The highest BCUT2D eigenvalue weighted by molar-refractivity contribution is 6.56. The maximum atomic E-state index is 14.8. The number of hydrogen-bond donors (Lipinski definition) is 1. The molecule has 1 N–H and O–H groups in total. The number of ketones is 1. The van der Waals surface area contributed by atoms with Crippen LogP contribution in [0, 0.1) is 6.92 Å². The van der Waals surface area contributed by atoms with Crippen LogP contribution < -0.4 is 9.80 Å². The number of para-hydroxylation sites is 1. The molecule has 2 heterocycles. The van der Waals surface area contributed by atoms with E-state index in [0.717, 1.165) is 10.5 Å². The summed E-state index contributed by atoms with van der Waals surface area (Å²) in [5.74, 6) is -4.34. The third-order valence-corrected chi connectivity index (χ3v) is 6.96. The zero-order valence-corrected chi connectivity index (χ0v) is 21.7. The van der Waals surface area contributed by atoms with E-state index in [4.69, 9.17) is 4.74 Å². The lowest BCUT2D eigenvalue weighted by atomic mass is 9.80. The van der Waals surface area contributed by atoms with Crippen molar-refractivity contribution in [3.63, 3.8) is 0 Å². The zero-order chi connectivity index (χ0) is 27.9. The molecule has 1 saturated heterocycles. The summed E-state index contributed by atoms with van der Waals surface area (Å²) < 4.78 is 5.39. The van der Waals surface area contributed by atoms with Crippen molar-refractivity contribution in [3.8, 4) is 0 Å². The highest BCUT2D eigenvalue weighted by Crippen LogP contribution is 2.52. The molecule has 0 saturated carbocycles. The van der Waals surface area contributed by atoms with Crippen molar-refractivity contribution in [3.05, 3.63) is 113 Å². The molecular formula is C31H26N2O6. The lowest BCUT2D eigenvalue weighted by Gasteiger charge is -2.35. The topological polar surface area (TPSA) is 104 Å². The van der Waals surface area contributed by atoms with Gasteiger partial charge < -0.3 is 9.84 Å². The fourth-order valence-corrected chi connectivity index (χ4v) is 5.28. The summed E-state index contributed by atoms with van der Waals surface area (Å²) in [7, 11) is 0. The van der Waals surface area contributed by atoms with Gasteiger partial charge in [-0.3, -0.25) is 24.2 Å². The number of benzene rings is 3. The van der Waals surface area contributed by atoms with Crippen LogP contribution in [0.15, 0.2) is 102 Å². The van der Waals surface area contributed by atoms with Gasteiger partial charge in [-0.1, -0.05) is 66.2 Å². The number of aryl methyl sites for hydroxylation is 1. The number of nitrogens with zero attached hydrogens (tertiary/aromatic N) is 2. The van der Waals surface area contributed by atoms with Crippen LogP contribution in [0.25, 0.3) is 5.76 Å². The van der Waals surface area contributed by atoms with Crippen LogP contribution in [0.3, 0.4) is 0 Å². The Labute approximate surface area is 225 Å². The molecule has 8 nitrogen and oxygen atoms in total. The minimum Gasteiger partial charge on any atom is -0.507 e. The molecule has 196 valence electrons. The maximum absolute atomic E-state index is 14.8. The number of esters is 1. The zero-order valence-electron chi connectivity index (χ0n) is 21.7. The maximum Gasteiger partial charge on any atom is 0.339 e. The number of ether oxygens (including phenoxy) is 1. The number of carbonyl (C=O) groups is 4. The molecule has 1 atom stereocenters. The van der Waals surface area contributed by atoms with Crippen molar-refractivity contribution in [1.82, 2.24) is 0 Å². The van der Waals surface area contributed by atoms with Gasteiger partial charge in [0.25, 0.3) is 11.7 Å². The summed E-state index contributed by atoms with van der Waals surface area (Å²) in [6.07, 6.45) is 0. The molecule has 2 aliphatic heterocycles. The fraction of sp³-hybridized carbons (Fsp3) is 0.161. The average Bonchev–Trinajstić information content (AvgIpc) is 3.30. The van der Waals surface area contributed by atoms with E-state index in [1.54, 1.807) is 86.6 Å². The summed E-state index contributed by atoms with van der Waals surface area (Å²) in [5, 5.41) is 11.6. The number of aliphatic hydroxyl groups excluding tert-OH is 1. The first-order valence-electron chi connectivity index (χ1n) is 12.5. The lowest BCUT2D eigenvalue weighted by Crippen LogP contribution is -2.57. The van der Waals surface area contributed by atoms with E-state index in [1.165, 1.54) is 4.90 Å². The summed E-state index contributed by atoms with van der Waals surface area (Å²) >= 11 is 0. The highest BCUT2D eigenvalue weighted by Gasteiger charge is 2.70. The number of rotatable bonds is 5. The monoisotopic (exact) mass is 522 g/mol. The summed E-state index contributed by atoms with van der Waals surface area (Å²) in [6, 6.07) is 23.3. The fourth-order valence-electron chi connectivity index (χ4n) is 5.28. The van der Waals surface area contributed by atoms with Gasteiger partial charge in [0.15, 0.2) is 5.54 Å². The van der Waals surface area contributed by atoms with Crippen LogP contribution in [0.5, 0.6) is 0 Å². The molecule has 39 heavy (non-hydrogen) atoms. The van der Waals surface area contributed by atoms with Gasteiger partial charge in [-0.25, -0.2) is 4.79 Å². The summed E-state index contributed by atoms with van der Waals surface area (Å²) in [6.45, 7) is 5.06. The number of anilines is 2. The van der Waals surface area contributed by atoms with E-state index < -0.39 is 40.4 Å². The number of aliphatic hydroxyl groups is 1. The van der Waals surface area contributed by atoms with Gasteiger partial charge in [-0.15, -0.1) is 0 Å². The Balaban J connectivity index is 1.91. The average molecular weight is 523 g/mol. The first-order chi connectivity index (χ1) is 18.7. The van der Waals surface area contributed by atoms with Crippen molar-refractivity contribution < 1.29 is 29.0 Å². The Morgan fingerprint density at radius 3 is 2.03 bits per heavy atom. The van der Waals surface area contributed by atoms with E-state index in [1.807, 2.05) is 19.1 Å². The molecule has 1 fully saturated rings. The molecular weight excluding hydrogens is 496 g/mol. The van der Waals surface area contributed by atoms with Gasteiger partial charge in [0.1, 0.15) is 5.76 Å². The molecule has 1 unspecified atom stereocenters. The number of allylic oxidation sites excluding steroid dienone is 1. The summed E-state index contributed by atoms with van der Waals surface area (Å²) in [4.78, 5) is 58.3. The predicted molar refractivity (Wildman–Crippen MR) is 146 cm³/mol. The molecule has 2 aliphatic rings. The molecule has 0 bridgehead atoms. The number of carbonyl (C=O) groups excluding carboxylic acids is 4. The SMILES string of the molecule is CCOC(=O)C1=C(C)N(c2ccc(C)cc2)C(=O)C12/C(=C(\O)c1ccccc1)C(=O)C(=O)N2c1ccccc1. The van der Waals surface area contributed by atoms with E-state index >= 15 is 0 Å². The minimum absolute atomic E-state index is 0.0125. The Morgan fingerprint density at radius 2 is 1.44 bits per heavy atom. The Bertz CT molecular complexity index is 1560. The van der Waals surface area contributed by atoms with Gasteiger partial charge in [0.2, 0.25) is 0 Å². The van der Waals surface area contributed by atoms with Gasteiger partial charge in [0.05, 0.1) is 17.8 Å². The Morgan fingerprint density at radius 1 is 0.846 bits per heavy atom. The number of amides is 2. The van der Waals surface area contributed by atoms with Crippen LogP contribution in [-0.4, -0.2) is 40.8 Å². The Kier molecular flexibility index (Phi) is 6.39. The first kappa shape index (κ1) is 25.7. The highest BCUT2D eigenvalue weighted by atomic mass is 16.5. The van der Waals surface area contributed by atoms with Crippen molar-refractivity contribution >= 4 is 40.7 Å². The van der Waals surface area contributed by atoms with Crippen LogP contribution in [0.1, 0.15) is 25.0 Å². The molecule has 3 aromatic carbocycles. The van der Waals surface area contributed by atoms with E-state index in [-0.39, 0.29) is 29.1 Å². The van der Waals surface area contributed by atoms with E-state index in [0.29, 0.717) is 5.69 Å². The summed E-state index contributed by atoms with van der Waals surface area (Å²) in [5.41, 5.74) is -1.03. The second-order valence-corrected chi connectivity index (χ2v) is 9.26. The lowest BCUT2D eigenvalue weighted by molar-refractivity contribution is -0.140. The second-order valence-electron chi connectivity index (χ2n) is 9.26. The normalized spacial score (nSPS) is 20.3. The van der Waals surface area contributed by atoms with Gasteiger partial charge in [0, 0.05) is 22.6 Å². The smallest absolute Gasteiger partial charge is 0.339 e. The number of Topliss-reactive ketones (excluding diaryl/α,β-unsaturated/α-hetero) is 1. The van der Waals surface area contributed by atoms with Crippen molar-refractivity contribution in [1.29, 1.82) is 0 Å². The molecule has 5 rings (SSSR count). The van der Waals surface area contributed by atoms with Crippen LogP contribution in [0.4, 0.5) is 11.4 Å². The molecule has 3 aromatic rings. The van der Waals surface area contributed by atoms with Crippen LogP contribution in [0.2, 0.25) is 0 Å². The third-order valence-electron chi connectivity index (χ3n) is 6.96. The molecule has 8 heteroatoms. The van der Waals surface area contributed by atoms with Crippen LogP contribution in [-0.2, 0) is 23.9 Å². The molecule has 1 spiro atoms. The van der Waals surface area contributed by atoms with E-state index in [9.17, 15) is 24.3 Å². The molecule has 0 aromatic heterocycles. The predicted octanol–water partition coefficient (Wildman–Crippen LogP) is 4.50. The van der Waals surface area contributed by atoms with Gasteiger partial charge in [-0.05, 0) is 45.0 Å². The van der Waals surface area contributed by atoms with Crippen molar-refractivity contribution in [2.45, 2.75) is 26.3 Å². The quantitative estimate of drug-likeness (QED) is 0.229.